The molecule has 0 saturated carbocycles. The van der Waals surface area contributed by atoms with Gasteiger partial charge < -0.3 is 9.47 Å². The normalized spacial score (nSPS) is 11.1. The van der Waals surface area contributed by atoms with Gasteiger partial charge in [-0.05, 0) is 76.7 Å². The summed E-state index contributed by atoms with van der Waals surface area (Å²) in [6.07, 6.45) is 12.4. The third-order valence-corrected chi connectivity index (χ3v) is 6.91. The van der Waals surface area contributed by atoms with E-state index >= 15 is 0 Å². The van der Waals surface area contributed by atoms with Crippen LogP contribution in [-0.2, 0) is 0 Å². The van der Waals surface area contributed by atoms with Crippen molar-refractivity contribution >= 4 is 58.6 Å². The highest BCUT2D eigenvalue weighted by Gasteiger charge is 2.07. The van der Waals surface area contributed by atoms with Crippen molar-refractivity contribution in [3.05, 3.63) is 34.8 Å². The van der Waals surface area contributed by atoms with Crippen molar-refractivity contribution in [2.45, 2.75) is 64.2 Å². The molecule has 29 heavy (non-hydrogen) atoms. The van der Waals surface area contributed by atoms with Crippen LogP contribution in [0.25, 0.3) is 10.8 Å². The van der Waals surface area contributed by atoms with Gasteiger partial charge >= 0.3 is 0 Å². The van der Waals surface area contributed by atoms with Crippen LogP contribution in [0.5, 0.6) is 11.5 Å². The Balaban J connectivity index is 1.77. The summed E-state index contributed by atoms with van der Waals surface area (Å²) in [6, 6.07) is 10.5. The number of benzene rings is 2. The minimum absolute atomic E-state index is 0.773. The molecule has 2 aromatic rings. The van der Waals surface area contributed by atoms with Crippen molar-refractivity contribution in [1.29, 1.82) is 0 Å². The van der Waals surface area contributed by atoms with E-state index in [9.17, 15) is 0 Å². The maximum Gasteiger partial charge on any atom is 0.134 e. The molecule has 0 fully saturated rings. The largest absolute Gasteiger partial charge is 0.494 e. The van der Waals surface area contributed by atoms with Gasteiger partial charge in [0.1, 0.15) is 11.5 Å². The Morgan fingerprint density at radius 2 is 1.21 bits per heavy atom. The molecule has 0 unspecified atom stereocenters. The quantitative estimate of drug-likeness (QED) is 0.143. The summed E-state index contributed by atoms with van der Waals surface area (Å²) in [5, 5.41) is 4.56. The average molecular weight is 593 g/mol. The van der Waals surface area contributed by atoms with E-state index in [2.05, 4.69) is 78.1 Å². The van der Waals surface area contributed by atoms with Crippen molar-refractivity contribution in [3.63, 3.8) is 0 Å². The smallest absolute Gasteiger partial charge is 0.134 e. The van der Waals surface area contributed by atoms with E-state index in [1.165, 1.54) is 62.1 Å². The second-order valence-corrected chi connectivity index (χ2v) is 9.75. The molecule has 0 atom stereocenters. The second kappa shape index (κ2) is 15.5. The first-order valence-corrected chi connectivity index (χ1v) is 13.9. The topological polar surface area (TPSA) is 18.5 Å². The van der Waals surface area contributed by atoms with Crippen molar-refractivity contribution in [2.75, 3.05) is 23.9 Å². The van der Waals surface area contributed by atoms with Gasteiger partial charge in [0.2, 0.25) is 0 Å². The van der Waals surface area contributed by atoms with E-state index in [1.807, 2.05) is 0 Å². The van der Waals surface area contributed by atoms with Crippen molar-refractivity contribution in [2.24, 2.45) is 0 Å². The molecule has 0 N–H and O–H groups in total. The van der Waals surface area contributed by atoms with Crippen LogP contribution in [0.3, 0.4) is 0 Å². The highest BCUT2D eigenvalue weighted by Crippen LogP contribution is 2.35. The van der Waals surface area contributed by atoms with Crippen molar-refractivity contribution in [1.82, 2.24) is 0 Å². The molecular weight excluding hydrogens is 560 g/mol. The Kier molecular flexibility index (Phi) is 13.4. The third kappa shape index (κ3) is 9.61. The van der Waals surface area contributed by atoms with Crippen LogP contribution >= 0.6 is 47.8 Å². The van der Waals surface area contributed by atoms with Gasteiger partial charge in [0.05, 0.1) is 17.7 Å². The minimum atomic E-state index is 0.773. The predicted molar refractivity (Wildman–Crippen MR) is 136 cm³/mol. The first-order valence-electron chi connectivity index (χ1n) is 10.9. The molecule has 0 bridgehead atoms. The van der Waals surface area contributed by atoms with Crippen LogP contribution in [-0.4, -0.2) is 23.9 Å². The number of ether oxygens (including phenoxy) is 2. The van der Waals surface area contributed by atoms with Crippen LogP contribution in [0.2, 0.25) is 0 Å². The molecule has 0 saturated heterocycles. The summed E-state index contributed by atoms with van der Waals surface area (Å²) in [5.41, 5.74) is 0. The van der Waals surface area contributed by atoms with E-state index in [-0.39, 0.29) is 0 Å². The Labute approximate surface area is 201 Å². The zero-order chi connectivity index (χ0) is 20.7. The van der Waals surface area contributed by atoms with Gasteiger partial charge in [0.25, 0.3) is 0 Å². The van der Waals surface area contributed by atoms with Crippen molar-refractivity contribution in [3.8, 4) is 11.5 Å². The zero-order valence-electron chi connectivity index (χ0n) is 17.2. The molecule has 0 amide bonds. The molecule has 0 spiro atoms. The van der Waals surface area contributed by atoms with Crippen LogP contribution < -0.4 is 9.47 Å². The number of rotatable bonds is 16. The monoisotopic (exact) mass is 590 g/mol. The SMILES string of the molecule is BrCCCCCCCOc1ccc2c(Br)c(OCCCCCCCBr)ccc2c1. The van der Waals surface area contributed by atoms with Gasteiger partial charge in [-0.1, -0.05) is 76.5 Å². The number of unbranched alkanes of at least 4 members (excludes halogenated alkanes) is 8. The fourth-order valence-electron chi connectivity index (χ4n) is 3.28. The van der Waals surface area contributed by atoms with E-state index < -0.39 is 0 Å². The summed E-state index contributed by atoms with van der Waals surface area (Å²) in [4.78, 5) is 0. The fourth-order valence-corrected chi connectivity index (χ4v) is 4.68. The zero-order valence-corrected chi connectivity index (χ0v) is 22.0. The standard InChI is InChI=1S/C24H33Br3O2/c25-15-7-3-1-5-9-17-28-21-12-13-22-20(19-21)11-14-23(24(22)27)29-18-10-6-2-4-8-16-26/h11-14,19H,1-10,15-18H2. The lowest BCUT2D eigenvalue weighted by Gasteiger charge is -2.12. The second-order valence-electron chi connectivity index (χ2n) is 7.37. The molecule has 0 aliphatic heterocycles. The van der Waals surface area contributed by atoms with Crippen LogP contribution in [0.1, 0.15) is 64.2 Å². The van der Waals surface area contributed by atoms with E-state index in [0.717, 1.165) is 52.7 Å². The maximum atomic E-state index is 6.01. The molecule has 0 heterocycles. The highest BCUT2D eigenvalue weighted by atomic mass is 79.9. The van der Waals surface area contributed by atoms with E-state index in [4.69, 9.17) is 9.47 Å². The summed E-state index contributed by atoms with van der Waals surface area (Å²) in [6.45, 7) is 1.56. The molecule has 0 radical (unpaired) electrons. The van der Waals surface area contributed by atoms with Gasteiger partial charge in [-0.25, -0.2) is 0 Å². The van der Waals surface area contributed by atoms with Gasteiger partial charge in [-0.15, -0.1) is 0 Å². The van der Waals surface area contributed by atoms with Crippen LogP contribution in [0, 0.1) is 0 Å². The highest BCUT2D eigenvalue weighted by molar-refractivity contribution is 9.10. The minimum Gasteiger partial charge on any atom is -0.494 e. The van der Waals surface area contributed by atoms with Crippen LogP contribution in [0.4, 0.5) is 0 Å². The molecule has 0 aliphatic carbocycles. The van der Waals surface area contributed by atoms with E-state index in [1.54, 1.807) is 0 Å². The molecule has 2 rings (SSSR count). The predicted octanol–water partition coefficient (Wildman–Crippen LogP) is 9.05. The lowest BCUT2D eigenvalue weighted by Crippen LogP contribution is -1.99. The summed E-state index contributed by atoms with van der Waals surface area (Å²) >= 11 is 10.7. The van der Waals surface area contributed by atoms with E-state index in [0.29, 0.717) is 0 Å². The first kappa shape index (κ1) is 25.0. The van der Waals surface area contributed by atoms with Gasteiger partial charge in [0.15, 0.2) is 0 Å². The molecule has 0 aromatic heterocycles. The molecule has 2 nitrogen and oxygen atoms in total. The lowest BCUT2D eigenvalue weighted by atomic mass is 10.1. The summed E-state index contributed by atoms with van der Waals surface area (Å²) < 4.78 is 13.0. The Hall–Kier alpha value is -0.260. The molecular formula is C24H33Br3O2. The average Bonchev–Trinajstić information content (AvgIpc) is 2.74. The Morgan fingerprint density at radius 3 is 1.86 bits per heavy atom. The molecule has 0 aliphatic rings. The number of hydrogen-bond acceptors (Lipinski definition) is 2. The number of hydrogen-bond donors (Lipinski definition) is 0. The molecule has 5 heteroatoms. The number of fused-ring (bicyclic) bond motifs is 1. The molecule has 162 valence electrons. The first-order chi connectivity index (χ1) is 14.3. The van der Waals surface area contributed by atoms with Gasteiger partial charge in [0, 0.05) is 10.7 Å². The van der Waals surface area contributed by atoms with Gasteiger partial charge in [-0.2, -0.15) is 0 Å². The summed E-state index contributed by atoms with van der Waals surface area (Å²) in [7, 11) is 0. The van der Waals surface area contributed by atoms with Crippen molar-refractivity contribution < 1.29 is 9.47 Å². The number of halogens is 3. The Morgan fingerprint density at radius 1 is 0.621 bits per heavy atom. The lowest BCUT2D eigenvalue weighted by molar-refractivity contribution is 0.303. The summed E-state index contributed by atoms with van der Waals surface area (Å²) in [5.74, 6) is 1.87. The van der Waals surface area contributed by atoms with Gasteiger partial charge in [-0.3, -0.25) is 0 Å². The third-order valence-electron chi connectivity index (χ3n) is 4.97. The molecule has 2 aromatic carbocycles. The van der Waals surface area contributed by atoms with Crippen LogP contribution in [0.15, 0.2) is 34.8 Å². The maximum absolute atomic E-state index is 6.01. The number of alkyl halides is 2. The Bertz CT molecular complexity index is 706. The fraction of sp³-hybridized carbons (Fsp3) is 0.583.